The minimum absolute atomic E-state index is 0.275. The molecule has 1 N–H and O–H groups in total. The second kappa shape index (κ2) is 8.38. The molecule has 5 atom stereocenters. The summed E-state index contributed by atoms with van der Waals surface area (Å²) in [5, 5.41) is 10.3. The van der Waals surface area contributed by atoms with E-state index in [0.29, 0.717) is 25.9 Å². The molecule has 2 heterocycles. The van der Waals surface area contributed by atoms with Crippen molar-refractivity contribution < 1.29 is 23.7 Å². The van der Waals surface area contributed by atoms with Crippen LogP contribution in [0.25, 0.3) is 0 Å². The van der Waals surface area contributed by atoms with E-state index in [9.17, 15) is 5.11 Å². The number of allylic oxidation sites excluding steroid dienone is 1. The van der Waals surface area contributed by atoms with Gasteiger partial charge < -0.3 is 19.3 Å². The number of halogens is 1. The zero-order chi connectivity index (χ0) is 19.5. The molecule has 0 radical (unpaired) electrons. The molecular formula is C22H37FO4. The van der Waals surface area contributed by atoms with E-state index in [1.807, 2.05) is 6.08 Å². The van der Waals surface area contributed by atoms with Crippen LogP contribution in [-0.2, 0) is 14.2 Å². The van der Waals surface area contributed by atoms with Crippen LogP contribution in [0.1, 0.15) is 91.4 Å². The molecule has 0 spiro atoms. The molecular weight excluding hydrogens is 347 g/mol. The standard InChI is InChI=1S/C22H37FO4/c1-4-5-11-20(2,23)14-10-17(26-19-9-6-7-15-25-19)22-13-8-12-21(22,3)27-18(24)16-22/h10,18-19,24H,4-9,11-16H2,1-3H3/t18?,19?,20-,21?,22?/m0/s1. The predicted molar refractivity (Wildman–Crippen MR) is 103 cm³/mol. The van der Waals surface area contributed by atoms with Crippen molar-refractivity contribution in [3.8, 4) is 0 Å². The largest absolute Gasteiger partial charge is 0.469 e. The van der Waals surface area contributed by atoms with Gasteiger partial charge in [-0.1, -0.05) is 19.8 Å². The van der Waals surface area contributed by atoms with E-state index in [1.165, 1.54) is 0 Å². The molecule has 0 amide bonds. The summed E-state index contributed by atoms with van der Waals surface area (Å²) in [6.45, 7) is 6.54. The van der Waals surface area contributed by atoms with Crippen molar-refractivity contribution in [3.63, 3.8) is 0 Å². The molecule has 0 aromatic carbocycles. The highest BCUT2D eigenvalue weighted by molar-refractivity contribution is 5.23. The van der Waals surface area contributed by atoms with Gasteiger partial charge in [0.2, 0.25) is 0 Å². The molecule has 2 aliphatic heterocycles. The second-order valence-electron chi connectivity index (χ2n) is 9.15. The Labute approximate surface area is 163 Å². The maximum absolute atomic E-state index is 15.0. The summed E-state index contributed by atoms with van der Waals surface area (Å²) < 4.78 is 33.1. The number of aliphatic hydroxyl groups excluding tert-OH is 1. The second-order valence-corrected chi connectivity index (χ2v) is 9.15. The van der Waals surface area contributed by atoms with Crippen LogP contribution < -0.4 is 0 Å². The molecule has 0 aromatic heterocycles. The number of aliphatic hydroxyl groups is 1. The average Bonchev–Trinajstić information content (AvgIpc) is 3.06. The quantitative estimate of drug-likeness (QED) is 0.570. The number of hydrogen-bond donors (Lipinski definition) is 1. The fourth-order valence-corrected chi connectivity index (χ4v) is 5.10. The zero-order valence-electron chi connectivity index (χ0n) is 17.3. The number of ether oxygens (including phenoxy) is 3. The van der Waals surface area contributed by atoms with Crippen molar-refractivity contribution in [2.75, 3.05) is 6.61 Å². The van der Waals surface area contributed by atoms with Crippen molar-refractivity contribution >= 4 is 0 Å². The average molecular weight is 385 g/mol. The van der Waals surface area contributed by atoms with E-state index < -0.39 is 17.6 Å². The van der Waals surface area contributed by atoms with Crippen LogP contribution in [0.4, 0.5) is 4.39 Å². The molecule has 2 saturated heterocycles. The number of unbranched alkanes of at least 4 members (excludes halogenated alkanes) is 1. The number of hydrogen-bond acceptors (Lipinski definition) is 4. The first-order valence-electron chi connectivity index (χ1n) is 10.8. The molecule has 5 heteroatoms. The number of alkyl halides is 1. The molecule has 4 unspecified atom stereocenters. The lowest BCUT2D eigenvalue weighted by Crippen LogP contribution is -2.41. The molecule has 0 bridgehead atoms. The van der Waals surface area contributed by atoms with Gasteiger partial charge in [0.1, 0.15) is 11.4 Å². The van der Waals surface area contributed by atoms with Crippen LogP contribution in [0.2, 0.25) is 0 Å². The monoisotopic (exact) mass is 384 g/mol. The number of fused-ring (bicyclic) bond motifs is 1. The summed E-state index contributed by atoms with van der Waals surface area (Å²) in [7, 11) is 0. The van der Waals surface area contributed by atoms with Crippen LogP contribution in [-0.4, -0.2) is 35.6 Å². The number of rotatable bonds is 8. The first-order chi connectivity index (χ1) is 12.8. The van der Waals surface area contributed by atoms with Gasteiger partial charge in [-0.25, -0.2) is 4.39 Å². The SMILES string of the molecule is CCCC[C@](C)(F)CC=C(OC1CCCCO1)C12CCCC1(C)OC(O)C2. The van der Waals surface area contributed by atoms with Crippen LogP contribution in [0.3, 0.4) is 0 Å². The third kappa shape index (κ3) is 4.51. The van der Waals surface area contributed by atoms with Gasteiger partial charge >= 0.3 is 0 Å². The van der Waals surface area contributed by atoms with Gasteiger partial charge in [-0.2, -0.15) is 0 Å². The first kappa shape index (κ1) is 21.1. The van der Waals surface area contributed by atoms with Crippen LogP contribution in [0.15, 0.2) is 11.8 Å². The van der Waals surface area contributed by atoms with Crippen molar-refractivity contribution in [1.29, 1.82) is 0 Å². The summed E-state index contributed by atoms with van der Waals surface area (Å²) in [4.78, 5) is 0. The molecule has 3 rings (SSSR count). The van der Waals surface area contributed by atoms with Crippen molar-refractivity contribution in [1.82, 2.24) is 0 Å². The topological polar surface area (TPSA) is 47.9 Å². The third-order valence-electron chi connectivity index (χ3n) is 6.82. The molecule has 1 aliphatic carbocycles. The maximum atomic E-state index is 15.0. The Bertz CT molecular complexity index is 528. The van der Waals surface area contributed by atoms with E-state index >= 15 is 4.39 Å². The van der Waals surface area contributed by atoms with E-state index in [1.54, 1.807) is 6.92 Å². The highest BCUT2D eigenvalue weighted by Crippen LogP contribution is 2.61. The van der Waals surface area contributed by atoms with Crippen molar-refractivity contribution in [2.24, 2.45) is 5.41 Å². The van der Waals surface area contributed by atoms with E-state index in [0.717, 1.165) is 57.1 Å². The Morgan fingerprint density at radius 1 is 1.33 bits per heavy atom. The molecule has 156 valence electrons. The highest BCUT2D eigenvalue weighted by Gasteiger charge is 2.62. The lowest BCUT2D eigenvalue weighted by Gasteiger charge is -2.39. The molecule has 3 aliphatic rings. The van der Waals surface area contributed by atoms with E-state index in [4.69, 9.17) is 14.2 Å². The molecule has 4 nitrogen and oxygen atoms in total. The summed E-state index contributed by atoms with van der Waals surface area (Å²) in [6.07, 6.45) is 9.96. The minimum Gasteiger partial charge on any atom is -0.469 e. The summed E-state index contributed by atoms with van der Waals surface area (Å²) in [6, 6.07) is 0. The summed E-state index contributed by atoms with van der Waals surface area (Å²) in [5.41, 5.74) is -2.08. The lowest BCUT2D eigenvalue weighted by molar-refractivity contribution is -0.165. The van der Waals surface area contributed by atoms with Crippen LogP contribution >= 0.6 is 0 Å². The predicted octanol–water partition coefficient (Wildman–Crippen LogP) is 5.39. The van der Waals surface area contributed by atoms with E-state index in [-0.39, 0.29) is 11.7 Å². The van der Waals surface area contributed by atoms with Crippen molar-refractivity contribution in [2.45, 2.75) is 115 Å². The lowest BCUT2D eigenvalue weighted by atomic mass is 9.72. The van der Waals surface area contributed by atoms with Gasteiger partial charge in [-0.15, -0.1) is 0 Å². The summed E-state index contributed by atoms with van der Waals surface area (Å²) in [5.74, 6) is 0.784. The van der Waals surface area contributed by atoms with Gasteiger partial charge in [-0.05, 0) is 58.4 Å². The zero-order valence-corrected chi connectivity index (χ0v) is 17.3. The third-order valence-corrected chi connectivity index (χ3v) is 6.82. The van der Waals surface area contributed by atoms with Crippen molar-refractivity contribution in [3.05, 3.63) is 11.8 Å². The molecule has 0 aromatic rings. The maximum Gasteiger partial charge on any atom is 0.199 e. The Hall–Kier alpha value is -0.650. The normalized spacial score (nSPS) is 39.2. The highest BCUT2D eigenvalue weighted by atomic mass is 19.1. The Kier molecular flexibility index (Phi) is 6.54. The fourth-order valence-electron chi connectivity index (χ4n) is 5.10. The van der Waals surface area contributed by atoms with Crippen LogP contribution in [0, 0.1) is 5.41 Å². The molecule has 1 saturated carbocycles. The summed E-state index contributed by atoms with van der Waals surface area (Å²) >= 11 is 0. The van der Waals surface area contributed by atoms with E-state index in [2.05, 4.69) is 13.8 Å². The minimum atomic E-state index is -1.25. The first-order valence-corrected chi connectivity index (χ1v) is 10.8. The van der Waals surface area contributed by atoms with Gasteiger partial charge in [0, 0.05) is 19.3 Å². The Morgan fingerprint density at radius 2 is 2.15 bits per heavy atom. The van der Waals surface area contributed by atoms with Gasteiger partial charge in [0.05, 0.1) is 17.6 Å². The van der Waals surface area contributed by atoms with Crippen LogP contribution in [0.5, 0.6) is 0 Å². The Morgan fingerprint density at radius 3 is 2.85 bits per heavy atom. The fraction of sp³-hybridized carbons (Fsp3) is 0.909. The Balaban J connectivity index is 1.84. The molecule has 27 heavy (non-hydrogen) atoms. The smallest absolute Gasteiger partial charge is 0.199 e. The van der Waals surface area contributed by atoms with Gasteiger partial charge in [0.15, 0.2) is 12.6 Å². The van der Waals surface area contributed by atoms with Gasteiger partial charge in [0.25, 0.3) is 0 Å². The molecule has 3 fully saturated rings. The van der Waals surface area contributed by atoms with Gasteiger partial charge in [-0.3, -0.25) is 0 Å².